The van der Waals surface area contributed by atoms with Crippen LogP contribution in [0.5, 0.6) is 0 Å². The first-order valence-corrected chi connectivity index (χ1v) is 6.86. The molecule has 19 heavy (non-hydrogen) atoms. The summed E-state index contributed by atoms with van der Waals surface area (Å²) < 4.78 is 13.3. The first kappa shape index (κ1) is 14.0. The number of anilines is 1. The quantitative estimate of drug-likeness (QED) is 0.888. The average Bonchev–Trinajstić information content (AvgIpc) is 2.35. The van der Waals surface area contributed by atoms with Crippen LogP contribution in [-0.2, 0) is 4.79 Å². The third-order valence-corrected chi connectivity index (χ3v) is 4.11. The average molecular weight is 264 g/mol. The number of hydrogen-bond donors (Lipinski definition) is 1. The summed E-state index contributed by atoms with van der Waals surface area (Å²) in [5.41, 5.74) is 6.40. The second-order valence-electron chi connectivity index (χ2n) is 5.35. The molecule has 0 heterocycles. The molecule has 1 fully saturated rings. The number of carbonyl (C=O) groups excluding carboxylic acids is 1. The maximum atomic E-state index is 13.3. The minimum absolute atomic E-state index is 0.0160. The van der Waals surface area contributed by atoms with Crippen LogP contribution in [0.25, 0.3) is 0 Å². The van der Waals surface area contributed by atoms with Gasteiger partial charge in [0.05, 0.1) is 0 Å². The van der Waals surface area contributed by atoms with E-state index in [0.717, 1.165) is 19.3 Å². The normalized spacial score (nSPS) is 16.8. The Morgan fingerprint density at radius 1 is 1.47 bits per heavy atom. The second kappa shape index (κ2) is 5.70. The Morgan fingerprint density at radius 2 is 2.21 bits per heavy atom. The molecule has 1 aromatic carbocycles. The maximum absolute atomic E-state index is 13.3. The molecule has 1 amide bonds. The van der Waals surface area contributed by atoms with E-state index in [1.807, 2.05) is 6.92 Å². The molecular weight excluding hydrogens is 243 g/mol. The van der Waals surface area contributed by atoms with Crippen molar-refractivity contribution < 1.29 is 9.18 Å². The first-order valence-electron chi connectivity index (χ1n) is 6.86. The summed E-state index contributed by atoms with van der Waals surface area (Å²) in [7, 11) is 0. The number of nitrogens with two attached hydrogens (primary N) is 1. The Labute approximate surface area is 113 Å². The summed E-state index contributed by atoms with van der Waals surface area (Å²) in [6, 6.07) is 6.18. The van der Waals surface area contributed by atoms with Gasteiger partial charge in [0.15, 0.2) is 0 Å². The Kier molecular flexibility index (Phi) is 4.20. The number of hydrogen-bond acceptors (Lipinski definition) is 2. The van der Waals surface area contributed by atoms with E-state index >= 15 is 0 Å². The summed E-state index contributed by atoms with van der Waals surface area (Å²) in [4.78, 5) is 14.0. The molecule has 1 aromatic rings. The highest BCUT2D eigenvalue weighted by atomic mass is 19.1. The van der Waals surface area contributed by atoms with E-state index in [1.165, 1.54) is 12.1 Å². The molecule has 1 saturated carbocycles. The van der Waals surface area contributed by atoms with Gasteiger partial charge in [-0.3, -0.25) is 4.79 Å². The van der Waals surface area contributed by atoms with Gasteiger partial charge < -0.3 is 10.6 Å². The van der Waals surface area contributed by atoms with Gasteiger partial charge in [0.25, 0.3) is 0 Å². The zero-order valence-electron chi connectivity index (χ0n) is 11.4. The van der Waals surface area contributed by atoms with Crippen molar-refractivity contribution in [2.45, 2.75) is 32.6 Å². The van der Waals surface area contributed by atoms with Gasteiger partial charge in [0, 0.05) is 18.7 Å². The van der Waals surface area contributed by atoms with Gasteiger partial charge >= 0.3 is 0 Å². The molecule has 1 aliphatic rings. The van der Waals surface area contributed by atoms with Crippen molar-refractivity contribution >= 4 is 11.6 Å². The van der Waals surface area contributed by atoms with Crippen LogP contribution in [0.3, 0.4) is 0 Å². The molecule has 0 spiro atoms. The number of halogens is 1. The molecule has 3 nitrogen and oxygen atoms in total. The number of rotatable bonds is 5. The third kappa shape index (κ3) is 2.95. The molecule has 1 aliphatic carbocycles. The zero-order chi connectivity index (χ0) is 13.9. The summed E-state index contributed by atoms with van der Waals surface area (Å²) in [6.45, 7) is 3.00. The highest BCUT2D eigenvalue weighted by molar-refractivity contribution is 5.93. The molecule has 0 radical (unpaired) electrons. The van der Waals surface area contributed by atoms with E-state index in [4.69, 9.17) is 5.73 Å². The molecule has 0 atom stereocenters. The molecule has 0 aromatic heterocycles. The molecule has 4 heteroatoms. The van der Waals surface area contributed by atoms with Crippen molar-refractivity contribution in [2.24, 2.45) is 11.1 Å². The molecule has 2 rings (SSSR count). The predicted molar refractivity (Wildman–Crippen MR) is 74.4 cm³/mol. The fraction of sp³-hybridized carbons (Fsp3) is 0.533. The van der Waals surface area contributed by atoms with E-state index in [0.29, 0.717) is 25.2 Å². The van der Waals surface area contributed by atoms with Crippen LogP contribution in [0.2, 0.25) is 0 Å². The fourth-order valence-electron chi connectivity index (χ4n) is 2.69. The smallest absolute Gasteiger partial charge is 0.227 e. The van der Waals surface area contributed by atoms with Gasteiger partial charge in [-0.1, -0.05) is 12.5 Å². The van der Waals surface area contributed by atoms with Crippen molar-refractivity contribution in [1.29, 1.82) is 0 Å². The minimum Gasteiger partial charge on any atom is -0.330 e. The number of amides is 1. The van der Waals surface area contributed by atoms with Gasteiger partial charge in [-0.15, -0.1) is 0 Å². The van der Waals surface area contributed by atoms with E-state index in [2.05, 4.69) is 0 Å². The standard InChI is InChI=1S/C15H21FN2O/c1-2-18(13-6-3-5-12(16)9-13)14(19)10-15(11-17)7-4-8-15/h3,5-6,9H,2,4,7-8,10-11,17H2,1H3. The number of benzene rings is 1. The molecule has 104 valence electrons. The van der Waals surface area contributed by atoms with Gasteiger partial charge in [-0.05, 0) is 49.9 Å². The molecule has 0 aliphatic heterocycles. The van der Waals surface area contributed by atoms with Crippen LogP contribution in [0, 0.1) is 11.2 Å². The number of nitrogens with zero attached hydrogens (tertiary/aromatic N) is 1. The lowest BCUT2D eigenvalue weighted by atomic mass is 9.66. The van der Waals surface area contributed by atoms with Crippen molar-refractivity contribution in [3.63, 3.8) is 0 Å². The maximum Gasteiger partial charge on any atom is 0.227 e. The lowest BCUT2D eigenvalue weighted by molar-refractivity contribution is -0.122. The van der Waals surface area contributed by atoms with E-state index in [-0.39, 0.29) is 17.1 Å². The molecular formula is C15H21FN2O. The lowest BCUT2D eigenvalue weighted by Crippen LogP contribution is -2.43. The van der Waals surface area contributed by atoms with E-state index < -0.39 is 0 Å². The largest absolute Gasteiger partial charge is 0.330 e. The highest BCUT2D eigenvalue weighted by Crippen LogP contribution is 2.43. The van der Waals surface area contributed by atoms with Crippen LogP contribution >= 0.6 is 0 Å². The molecule has 2 N–H and O–H groups in total. The highest BCUT2D eigenvalue weighted by Gasteiger charge is 2.38. The number of carbonyl (C=O) groups is 1. The lowest BCUT2D eigenvalue weighted by Gasteiger charge is -2.41. The Hall–Kier alpha value is -1.42. The molecule has 0 unspecified atom stereocenters. The van der Waals surface area contributed by atoms with Crippen LogP contribution in [0.1, 0.15) is 32.6 Å². The Balaban J connectivity index is 2.11. The van der Waals surface area contributed by atoms with Crippen LogP contribution < -0.4 is 10.6 Å². The van der Waals surface area contributed by atoms with Crippen molar-refractivity contribution in [1.82, 2.24) is 0 Å². The summed E-state index contributed by atoms with van der Waals surface area (Å²) in [5, 5.41) is 0. The minimum atomic E-state index is -0.319. The van der Waals surface area contributed by atoms with Crippen LogP contribution in [0.4, 0.5) is 10.1 Å². The first-order chi connectivity index (χ1) is 9.10. The van der Waals surface area contributed by atoms with Gasteiger partial charge in [-0.25, -0.2) is 4.39 Å². The van der Waals surface area contributed by atoms with Crippen LogP contribution in [-0.4, -0.2) is 19.0 Å². The molecule has 0 saturated heterocycles. The van der Waals surface area contributed by atoms with Crippen LogP contribution in [0.15, 0.2) is 24.3 Å². The topological polar surface area (TPSA) is 46.3 Å². The van der Waals surface area contributed by atoms with Crippen molar-refractivity contribution in [2.75, 3.05) is 18.0 Å². The summed E-state index contributed by atoms with van der Waals surface area (Å²) >= 11 is 0. The zero-order valence-corrected chi connectivity index (χ0v) is 11.4. The summed E-state index contributed by atoms with van der Waals surface area (Å²) in [5.74, 6) is -0.279. The fourth-order valence-corrected chi connectivity index (χ4v) is 2.69. The third-order valence-electron chi connectivity index (χ3n) is 4.11. The molecule has 0 bridgehead atoms. The van der Waals surface area contributed by atoms with Crippen molar-refractivity contribution in [3.8, 4) is 0 Å². The predicted octanol–water partition coefficient (Wildman–Crippen LogP) is 2.70. The van der Waals surface area contributed by atoms with Gasteiger partial charge in [-0.2, -0.15) is 0 Å². The Bertz CT molecular complexity index is 452. The SMILES string of the molecule is CCN(C(=O)CC1(CN)CCC1)c1cccc(F)c1. The Morgan fingerprint density at radius 3 is 2.68 bits per heavy atom. The monoisotopic (exact) mass is 264 g/mol. The second-order valence-corrected chi connectivity index (χ2v) is 5.35. The van der Waals surface area contributed by atoms with Crippen molar-refractivity contribution in [3.05, 3.63) is 30.1 Å². The van der Waals surface area contributed by atoms with E-state index in [9.17, 15) is 9.18 Å². The van der Waals surface area contributed by atoms with Gasteiger partial charge in [0.1, 0.15) is 5.82 Å². The van der Waals surface area contributed by atoms with Gasteiger partial charge in [0.2, 0.25) is 5.91 Å². The van der Waals surface area contributed by atoms with E-state index in [1.54, 1.807) is 17.0 Å². The summed E-state index contributed by atoms with van der Waals surface area (Å²) in [6.07, 6.45) is 3.66.